The highest BCUT2D eigenvalue weighted by molar-refractivity contribution is 6.02. The van der Waals surface area contributed by atoms with E-state index in [-0.39, 0.29) is 24.4 Å². The van der Waals surface area contributed by atoms with Gasteiger partial charge in [0, 0.05) is 11.7 Å². The van der Waals surface area contributed by atoms with Crippen LogP contribution in [0.2, 0.25) is 0 Å². The zero-order valence-electron chi connectivity index (χ0n) is 10.6. The van der Waals surface area contributed by atoms with Crippen molar-refractivity contribution in [1.29, 1.82) is 5.26 Å². The molecule has 100 valence electrons. The van der Waals surface area contributed by atoms with Gasteiger partial charge in [0.2, 0.25) is 5.91 Å². The van der Waals surface area contributed by atoms with E-state index >= 15 is 0 Å². The molecule has 3 rings (SSSR count). The Labute approximate surface area is 118 Å². The van der Waals surface area contributed by atoms with Gasteiger partial charge in [0.15, 0.2) is 0 Å². The van der Waals surface area contributed by atoms with Crippen LogP contribution in [-0.4, -0.2) is 25.0 Å². The van der Waals surface area contributed by atoms with Crippen molar-refractivity contribution in [2.45, 2.75) is 25.3 Å². The fourth-order valence-corrected chi connectivity index (χ4v) is 2.85. The summed E-state index contributed by atoms with van der Waals surface area (Å²) < 4.78 is 0. The topological polar surface area (TPSA) is 56.1 Å². The molecule has 2 aliphatic rings. The third kappa shape index (κ3) is 2.44. The van der Waals surface area contributed by atoms with Crippen LogP contribution in [0.15, 0.2) is 18.2 Å². The van der Waals surface area contributed by atoms with Gasteiger partial charge in [-0.3, -0.25) is 4.79 Å². The number of anilines is 1. The summed E-state index contributed by atoms with van der Waals surface area (Å²) >= 11 is 0. The van der Waals surface area contributed by atoms with Crippen molar-refractivity contribution in [2.75, 3.05) is 18.0 Å². The van der Waals surface area contributed by atoms with E-state index in [2.05, 4.69) is 11.4 Å². The van der Waals surface area contributed by atoms with Crippen LogP contribution >= 0.6 is 12.4 Å². The first-order chi connectivity index (χ1) is 8.79. The van der Waals surface area contributed by atoms with Gasteiger partial charge >= 0.3 is 0 Å². The number of carbonyl (C=O) groups is 1. The third-order valence-electron chi connectivity index (χ3n) is 3.76. The van der Waals surface area contributed by atoms with Crippen LogP contribution in [0.5, 0.6) is 0 Å². The molecule has 1 saturated heterocycles. The Kier molecular flexibility index (Phi) is 4.08. The van der Waals surface area contributed by atoms with Crippen LogP contribution in [0.25, 0.3) is 0 Å². The molecule has 5 heteroatoms. The molecule has 0 aliphatic carbocycles. The first-order valence-corrected chi connectivity index (χ1v) is 6.35. The van der Waals surface area contributed by atoms with Crippen molar-refractivity contribution in [2.24, 2.45) is 0 Å². The monoisotopic (exact) mass is 277 g/mol. The summed E-state index contributed by atoms with van der Waals surface area (Å²) in [5, 5.41) is 12.3. The minimum Gasteiger partial charge on any atom is -0.317 e. The molecule has 1 fully saturated rings. The largest absolute Gasteiger partial charge is 0.317 e. The lowest BCUT2D eigenvalue weighted by Crippen LogP contribution is -2.44. The number of nitrogens with one attached hydrogen (secondary N) is 1. The number of halogens is 1. The van der Waals surface area contributed by atoms with E-state index < -0.39 is 0 Å². The summed E-state index contributed by atoms with van der Waals surface area (Å²) in [6.07, 6.45) is 2.45. The zero-order chi connectivity index (χ0) is 12.5. The van der Waals surface area contributed by atoms with Crippen molar-refractivity contribution in [1.82, 2.24) is 5.32 Å². The lowest BCUT2D eigenvalue weighted by Gasteiger charge is -2.32. The highest BCUT2D eigenvalue weighted by Crippen LogP contribution is 2.33. The molecular weight excluding hydrogens is 262 g/mol. The Balaban J connectivity index is 0.00000133. The lowest BCUT2D eigenvalue weighted by atomic mass is 10.0. The number of carbonyl (C=O) groups excluding carboxylic acids is 1. The van der Waals surface area contributed by atoms with Crippen molar-refractivity contribution in [3.05, 3.63) is 29.3 Å². The first-order valence-electron chi connectivity index (χ1n) is 6.35. The quantitative estimate of drug-likeness (QED) is 0.849. The van der Waals surface area contributed by atoms with Crippen LogP contribution < -0.4 is 10.2 Å². The average molecular weight is 278 g/mol. The maximum absolute atomic E-state index is 12.2. The molecule has 2 aliphatic heterocycles. The maximum Gasteiger partial charge on any atom is 0.231 e. The molecule has 0 radical (unpaired) electrons. The summed E-state index contributed by atoms with van der Waals surface area (Å²) in [5.41, 5.74) is 2.63. The molecule has 0 aromatic heterocycles. The van der Waals surface area contributed by atoms with E-state index in [0.717, 1.165) is 37.2 Å². The lowest BCUT2D eigenvalue weighted by molar-refractivity contribution is -0.117. The van der Waals surface area contributed by atoms with Crippen molar-refractivity contribution >= 4 is 24.0 Å². The molecule has 0 atom stereocenters. The molecule has 19 heavy (non-hydrogen) atoms. The van der Waals surface area contributed by atoms with Gasteiger partial charge < -0.3 is 10.2 Å². The smallest absolute Gasteiger partial charge is 0.231 e. The number of nitriles is 1. The van der Waals surface area contributed by atoms with Gasteiger partial charge in [-0.15, -0.1) is 12.4 Å². The molecule has 0 saturated carbocycles. The number of piperidine rings is 1. The third-order valence-corrected chi connectivity index (χ3v) is 3.76. The van der Waals surface area contributed by atoms with Crippen LogP contribution in [0.3, 0.4) is 0 Å². The Bertz CT molecular complexity index is 532. The first kappa shape index (κ1) is 13.9. The molecule has 1 aromatic carbocycles. The minimum absolute atomic E-state index is 0. The molecule has 1 aromatic rings. The number of hydrogen-bond donors (Lipinski definition) is 1. The molecule has 2 heterocycles. The minimum atomic E-state index is 0. The van der Waals surface area contributed by atoms with Gasteiger partial charge in [-0.05, 0) is 43.6 Å². The highest BCUT2D eigenvalue weighted by Gasteiger charge is 2.33. The SMILES string of the molecule is Cl.N#Cc1ccc2c(c1)N(C1CCNCC1)C(=O)C2. The average Bonchev–Trinajstić information content (AvgIpc) is 2.74. The van der Waals surface area contributed by atoms with E-state index in [4.69, 9.17) is 5.26 Å². The van der Waals surface area contributed by atoms with Gasteiger partial charge in [-0.25, -0.2) is 0 Å². The zero-order valence-corrected chi connectivity index (χ0v) is 11.4. The summed E-state index contributed by atoms with van der Waals surface area (Å²) in [6.45, 7) is 1.92. The van der Waals surface area contributed by atoms with E-state index in [1.807, 2.05) is 17.0 Å². The summed E-state index contributed by atoms with van der Waals surface area (Å²) in [6, 6.07) is 7.98. The number of hydrogen-bond acceptors (Lipinski definition) is 3. The fraction of sp³-hybridized carbons (Fsp3) is 0.429. The number of benzene rings is 1. The number of fused-ring (bicyclic) bond motifs is 1. The molecule has 0 bridgehead atoms. The summed E-state index contributed by atoms with van der Waals surface area (Å²) in [5.74, 6) is 0.173. The molecule has 0 unspecified atom stereocenters. The predicted molar refractivity (Wildman–Crippen MR) is 75.5 cm³/mol. The summed E-state index contributed by atoms with van der Waals surface area (Å²) in [7, 11) is 0. The maximum atomic E-state index is 12.2. The van der Waals surface area contributed by atoms with Gasteiger partial charge in [-0.1, -0.05) is 6.07 Å². The van der Waals surface area contributed by atoms with Crippen molar-refractivity contribution in [3.8, 4) is 6.07 Å². The number of amides is 1. The fourth-order valence-electron chi connectivity index (χ4n) is 2.85. The molecule has 1 amide bonds. The van der Waals surface area contributed by atoms with E-state index in [9.17, 15) is 4.79 Å². The van der Waals surface area contributed by atoms with Crippen LogP contribution in [0.4, 0.5) is 5.69 Å². The molecule has 1 N–H and O–H groups in total. The molecule has 0 spiro atoms. The highest BCUT2D eigenvalue weighted by atomic mass is 35.5. The van der Waals surface area contributed by atoms with Crippen molar-refractivity contribution < 1.29 is 4.79 Å². The second-order valence-corrected chi connectivity index (χ2v) is 4.88. The van der Waals surface area contributed by atoms with E-state index in [1.165, 1.54) is 0 Å². The van der Waals surface area contributed by atoms with E-state index in [0.29, 0.717) is 12.0 Å². The Hall–Kier alpha value is -1.57. The molecule has 4 nitrogen and oxygen atoms in total. The van der Waals surface area contributed by atoms with Gasteiger partial charge in [-0.2, -0.15) is 5.26 Å². The normalized spacial score (nSPS) is 18.7. The van der Waals surface area contributed by atoms with E-state index in [1.54, 1.807) is 6.07 Å². The number of nitrogens with zero attached hydrogens (tertiary/aromatic N) is 2. The Morgan fingerprint density at radius 3 is 2.74 bits per heavy atom. The van der Waals surface area contributed by atoms with Gasteiger partial charge in [0.1, 0.15) is 0 Å². The standard InChI is InChI=1S/C14H15N3O.ClH/c15-9-10-1-2-11-8-14(18)17(13(11)7-10)12-3-5-16-6-4-12;/h1-2,7,12,16H,3-6,8H2;1H. The van der Waals surface area contributed by atoms with Crippen LogP contribution in [-0.2, 0) is 11.2 Å². The Morgan fingerprint density at radius 1 is 1.32 bits per heavy atom. The molecular formula is C14H16ClN3O. The Morgan fingerprint density at radius 2 is 2.05 bits per heavy atom. The second kappa shape index (κ2) is 5.60. The number of rotatable bonds is 1. The van der Waals surface area contributed by atoms with Crippen molar-refractivity contribution in [3.63, 3.8) is 0 Å². The summed E-state index contributed by atoms with van der Waals surface area (Å²) in [4.78, 5) is 14.1. The van der Waals surface area contributed by atoms with Crippen LogP contribution in [0, 0.1) is 11.3 Å². The van der Waals surface area contributed by atoms with Crippen LogP contribution in [0.1, 0.15) is 24.0 Å². The predicted octanol–water partition coefficient (Wildman–Crippen LogP) is 1.62. The van der Waals surface area contributed by atoms with Gasteiger partial charge in [0.25, 0.3) is 0 Å². The second-order valence-electron chi connectivity index (χ2n) is 4.88. The van der Waals surface area contributed by atoms with Gasteiger partial charge in [0.05, 0.1) is 18.1 Å².